The summed E-state index contributed by atoms with van der Waals surface area (Å²) in [5.74, 6) is 0.493. The number of aromatic amines is 1. The van der Waals surface area contributed by atoms with Crippen molar-refractivity contribution in [3.05, 3.63) is 64.6 Å². The van der Waals surface area contributed by atoms with Crippen molar-refractivity contribution < 1.29 is 4.79 Å². The van der Waals surface area contributed by atoms with Crippen molar-refractivity contribution in [3.63, 3.8) is 0 Å². The van der Waals surface area contributed by atoms with E-state index in [1.165, 1.54) is 6.07 Å². The fourth-order valence-electron chi connectivity index (χ4n) is 2.99. The molecule has 3 aromatic rings. The SMILES string of the molecule is O=C(Nc1ccc(-c2ccc(=O)[nH]n2)cc1)c1ccc(N2CCCC2)nn1. The van der Waals surface area contributed by atoms with Gasteiger partial charge in [0.1, 0.15) is 0 Å². The van der Waals surface area contributed by atoms with Gasteiger partial charge in [-0.3, -0.25) is 9.59 Å². The summed E-state index contributed by atoms with van der Waals surface area (Å²) in [7, 11) is 0. The molecule has 1 amide bonds. The van der Waals surface area contributed by atoms with Crippen LogP contribution in [0.1, 0.15) is 23.3 Å². The van der Waals surface area contributed by atoms with E-state index in [1.807, 2.05) is 18.2 Å². The van der Waals surface area contributed by atoms with E-state index in [0.717, 1.165) is 37.3 Å². The maximum Gasteiger partial charge on any atom is 0.276 e. The van der Waals surface area contributed by atoms with Crippen LogP contribution >= 0.6 is 0 Å². The molecule has 1 fully saturated rings. The normalized spacial score (nSPS) is 13.6. The highest BCUT2D eigenvalue weighted by Crippen LogP contribution is 2.19. The molecule has 1 aliphatic heterocycles. The third-order valence-corrected chi connectivity index (χ3v) is 4.43. The Kier molecular flexibility index (Phi) is 4.61. The van der Waals surface area contributed by atoms with Gasteiger partial charge in [0.25, 0.3) is 11.5 Å². The van der Waals surface area contributed by atoms with Gasteiger partial charge in [-0.05, 0) is 43.2 Å². The van der Waals surface area contributed by atoms with E-state index in [9.17, 15) is 9.59 Å². The molecule has 2 N–H and O–H groups in total. The largest absolute Gasteiger partial charge is 0.355 e. The third-order valence-electron chi connectivity index (χ3n) is 4.43. The van der Waals surface area contributed by atoms with Gasteiger partial charge in [0.15, 0.2) is 11.5 Å². The van der Waals surface area contributed by atoms with E-state index < -0.39 is 0 Å². The Bertz CT molecular complexity index is 971. The summed E-state index contributed by atoms with van der Waals surface area (Å²) in [5.41, 5.74) is 2.14. The van der Waals surface area contributed by atoms with Gasteiger partial charge in [-0.1, -0.05) is 12.1 Å². The molecule has 0 saturated carbocycles. The number of amides is 1. The summed E-state index contributed by atoms with van der Waals surface area (Å²) in [5, 5.41) is 17.4. The monoisotopic (exact) mass is 362 g/mol. The van der Waals surface area contributed by atoms with Gasteiger partial charge in [0.2, 0.25) is 0 Å². The molecule has 0 spiro atoms. The predicted molar refractivity (Wildman–Crippen MR) is 102 cm³/mol. The molecule has 0 radical (unpaired) electrons. The molecule has 0 bridgehead atoms. The van der Waals surface area contributed by atoms with Crippen LogP contribution in [0, 0.1) is 0 Å². The molecule has 2 aromatic heterocycles. The number of hydrogen-bond donors (Lipinski definition) is 2. The summed E-state index contributed by atoms with van der Waals surface area (Å²) in [6.45, 7) is 1.97. The highest BCUT2D eigenvalue weighted by molar-refractivity contribution is 6.02. The number of nitrogens with zero attached hydrogens (tertiary/aromatic N) is 4. The number of H-pyrrole nitrogens is 1. The summed E-state index contributed by atoms with van der Waals surface area (Å²) in [4.78, 5) is 25.6. The van der Waals surface area contributed by atoms with E-state index in [-0.39, 0.29) is 17.2 Å². The Hall–Kier alpha value is -3.55. The maximum absolute atomic E-state index is 12.4. The Labute approximate surface area is 155 Å². The average Bonchev–Trinajstić information content (AvgIpc) is 3.24. The number of carbonyl (C=O) groups excluding carboxylic acids is 1. The van der Waals surface area contributed by atoms with Crippen molar-refractivity contribution in [1.82, 2.24) is 20.4 Å². The Morgan fingerprint density at radius 3 is 2.37 bits per heavy atom. The van der Waals surface area contributed by atoms with Crippen molar-refractivity contribution in [2.45, 2.75) is 12.8 Å². The highest BCUT2D eigenvalue weighted by atomic mass is 16.2. The van der Waals surface area contributed by atoms with Crippen molar-refractivity contribution >= 4 is 17.4 Å². The summed E-state index contributed by atoms with van der Waals surface area (Å²) in [6.07, 6.45) is 2.32. The Morgan fingerprint density at radius 1 is 0.963 bits per heavy atom. The van der Waals surface area contributed by atoms with Gasteiger partial charge in [-0.2, -0.15) is 5.10 Å². The Balaban J connectivity index is 1.43. The fourth-order valence-corrected chi connectivity index (χ4v) is 2.99. The van der Waals surface area contributed by atoms with Crippen LogP contribution in [0.3, 0.4) is 0 Å². The number of anilines is 2. The van der Waals surface area contributed by atoms with Gasteiger partial charge < -0.3 is 10.2 Å². The zero-order valence-corrected chi connectivity index (χ0v) is 14.6. The van der Waals surface area contributed by atoms with Gasteiger partial charge >= 0.3 is 0 Å². The van der Waals surface area contributed by atoms with E-state index >= 15 is 0 Å². The first-order valence-corrected chi connectivity index (χ1v) is 8.75. The van der Waals surface area contributed by atoms with E-state index in [2.05, 4.69) is 30.6 Å². The molecular formula is C19H18N6O2. The number of carbonyl (C=O) groups is 1. The zero-order valence-electron chi connectivity index (χ0n) is 14.6. The van der Waals surface area contributed by atoms with Crippen LogP contribution in [0.25, 0.3) is 11.3 Å². The smallest absolute Gasteiger partial charge is 0.276 e. The lowest BCUT2D eigenvalue weighted by Gasteiger charge is -2.15. The quantitative estimate of drug-likeness (QED) is 0.736. The number of nitrogens with one attached hydrogen (secondary N) is 2. The first-order chi connectivity index (χ1) is 13.2. The molecule has 0 atom stereocenters. The van der Waals surface area contributed by atoms with Crippen LogP contribution in [0.15, 0.2) is 53.3 Å². The molecule has 1 aromatic carbocycles. The predicted octanol–water partition coefficient (Wildman–Crippen LogP) is 2.08. The second-order valence-electron chi connectivity index (χ2n) is 6.31. The lowest BCUT2D eigenvalue weighted by atomic mass is 10.1. The van der Waals surface area contributed by atoms with Gasteiger partial charge in [-0.25, -0.2) is 5.10 Å². The molecule has 4 rings (SSSR count). The second kappa shape index (κ2) is 7.36. The van der Waals surface area contributed by atoms with E-state index in [0.29, 0.717) is 11.4 Å². The molecular weight excluding hydrogens is 344 g/mol. The molecule has 136 valence electrons. The van der Waals surface area contributed by atoms with Crippen molar-refractivity contribution in [2.75, 3.05) is 23.3 Å². The maximum atomic E-state index is 12.4. The minimum Gasteiger partial charge on any atom is -0.355 e. The number of rotatable bonds is 4. The highest BCUT2D eigenvalue weighted by Gasteiger charge is 2.15. The van der Waals surface area contributed by atoms with Gasteiger partial charge in [0, 0.05) is 30.4 Å². The molecule has 0 unspecified atom stereocenters. The van der Waals surface area contributed by atoms with Crippen LogP contribution in [0.4, 0.5) is 11.5 Å². The number of hydrogen-bond acceptors (Lipinski definition) is 6. The average molecular weight is 362 g/mol. The summed E-state index contributed by atoms with van der Waals surface area (Å²) < 4.78 is 0. The van der Waals surface area contributed by atoms with E-state index in [1.54, 1.807) is 24.3 Å². The van der Waals surface area contributed by atoms with Gasteiger partial charge in [0.05, 0.1) is 5.69 Å². The summed E-state index contributed by atoms with van der Waals surface area (Å²) in [6, 6.07) is 13.8. The second-order valence-corrected chi connectivity index (χ2v) is 6.31. The van der Waals surface area contributed by atoms with Crippen molar-refractivity contribution in [1.29, 1.82) is 0 Å². The fraction of sp³-hybridized carbons (Fsp3) is 0.211. The van der Waals surface area contributed by atoms with Crippen LogP contribution in [-0.4, -0.2) is 39.4 Å². The standard InChI is InChI=1S/C19H18N6O2/c26-18-10-8-15(21-24-18)13-3-5-14(6-4-13)20-19(27)16-7-9-17(23-22-16)25-11-1-2-12-25/h3-10H,1-2,11-12H2,(H,20,27)(H,24,26). The molecule has 1 saturated heterocycles. The Morgan fingerprint density at radius 2 is 1.74 bits per heavy atom. The van der Waals surface area contributed by atoms with Crippen LogP contribution in [0.2, 0.25) is 0 Å². The van der Waals surface area contributed by atoms with Gasteiger partial charge in [-0.15, -0.1) is 10.2 Å². The lowest BCUT2D eigenvalue weighted by Crippen LogP contribution is -2.21. The van der Waals surface area contributed by atoms with Crippen LogP contribution < -0.4 is 15.8 Å². The van der Waals surface area contributed by atoms with E-state index in [4.69, 9.17) is 0 Å². The third kappa shape index (κ3) is 3.84. The first-order valence-electron chi connectivity index (χ1n) is 8.75. The minimum absolute atomic E-state index is 0.250. The lowest BCUT2D eigenvalue weighted by molar-refractivity contribution is 0.102. The molecule has 3 heterocycles. The molecule has 1 aliphatic rings. The number of benzene rings is 1. The van der Waals surface area contributed by atoms with Crippen LogP contribution in [-0.2, 0) is 0 Å². The molecule has 0 aliphatic carbocycles. The van der Waals surface area contributed by atoms with Crippen molar-refractivity contribution in [3.8, 4) is 11.3 Å². The first kappa shape index (κ1) is 16.9. The molecule has 8 nitrogen and oxygen atoms in total. The molecule has 8 heteroatoms. The topological polar surface area (TPSA) is 104 Å². The zero-order chi connectivity index (χ0) is 18.6. The van der Waals surface area contributed by atoms with Crippen molar-refractivity contribution in [2.24, 2.45) is 0 Å². The van der Waals surface area contributed by atoms with Crippen LogP contribution in [0.5, 0.6) is 0 Å². The number of aromatic nitrogens is 4. The molecule has 27 heavy (non-hydrogen) atoms. The summed E-state index contributed by atoms with van der Waals surface area (Å²) >= 11 is 0. The minimum atomic E-state index is -0.314.